The molecule has 2 aliphatic rings. The van der Waals surface area contributed by atoms with Crippen molar-refractivity contribution >= 4 is 17.1 Å². The van der Waals surface area contributed by atoms with Crippen LogP contribution >= 0.6 is 12.2 Å². The van der Waals surface area contributed by atoms with Crippen LogP contribution in [0.1, 0.15) is 11.1 Å². The summed E-state index contributed by atoms with van der Waals surface area (Å²) in [5.41, 5.74) is 2.33. The van der Waals surface area contributed by atoms with E-state index in [0.29, 0.717) is 19.5 Å². The van der Waals surface area contributed by atoms with E-state index in [1.54, 1.807) is 0 Å². The first kappa shape index (κ1) is 11.3. The second-order valence-corrected chi connectivity index (χ2v) is 5.04. The van der Waals surface area contributed by atoms with E-state index in [-0.39, 0.29) is 6.10 Å². The fourth-order valence-corrected chi connectivity index (χ4v) is 2.68. The highest BCUT2D eigenvalue weighted by Gasteiger charge is 2.41. The van der Waals surface area contributed by atoms with Crippen molar-refractivity contribution in [2.75, 3.05) is 20.1 Å². The summed E-state index contributed by atoms with van der Waals surface area (Å²) in [6.45, 7) is 4.08. The van der Waals surface area contributed by atoms with Crippen molar-refractivity contribution in [3.63, 3.8) is 0 Å². The molecule has 0 N–H and O–H groups in total. The smallest absolute Gasteiger partial charge is 0.113 e. The minimum absolute atomic E-state index is 0.00444. The van der Waals surface area contributed by atoms with Gasteiger partial charge in [0.15, 0.2) is 0 Å². The van der Waals surface area contributed by atoms with Crippen LogP contribution in [0.2, 0.25) is 0 Å². The Hall–Kier alpha value is -0.810. The van der Waals surface area contributed by atoms with Gasteiger partial charge in [0.2, 0.25) is 0 Å². The van der Waals surface area contributed by atoms with Crippen LogP contribution in [-0.4, -0.2) is 42.0 Å². The van der Waals surface area contributed by atoms with Crippen LogP contribution in [0.5, 0.6) is 0 Å². The predicted molar refractivity (Wildman–Crippen MR) is 69.1 cm³/mol. The Bertz CT molecular complexity index is 432. The molecule has 2 saturated heterocycles. The molecule has 0 aliphatic carbocycles. The van der Waals surface area contributed by atoms with Gasteiger partial charge in [-0.2, -0.15) is 0 Å². The van der Waals surface area contributed by atoms with Gasteiger partial charge in [0.05, 0.1) is 17.5 Å². The standard InChI is InChI=1S/C13H15NO2S/c1-9-2-4-10(5-3-9)13(17)12-11-6-15-7-14(11)8-16-12/h2-5,11-12H,6-8H2,1H3/t11?,12-/m0/s1. The van der Waals surface area contributed by atoms with Gasteiger partial charge in [-0.3, -0.25) is 0 Å². The highest BCUT2D eigenvalue weighted by Crippen LogP contribution is 2.25. The van der Waals surface area contributed by atoms with Crippen molar-refractivity contribution in [1.82, 2.24) is 4.90 Å². The molecule has 0 saturated carbocycles. The third-order valence-corrected chi connectivity index (χ3v) is 3.85. The molecule has 0 bridgehead atoms. The number of benzene rings is 1. The number of thiocarbonyl (C=S) groups is 1. The Morgan fingerprint density at radius 2 is 2.06 bits per heavy atom. The van der Waals surface area contributed by atoms with Crippen molar-refractivity contribution in [1.29, 1.82) is 0 Å². The van der Waals surface area contributed by atoms with Crippen LogP contribution in [0, 0.1) is 6.92 Å². The maximum absolute atomic E-state index is 5.77. The lowest BCUT2D eigenvalue weighted by Crippen LogP contribution is -2.36. The Balaban J connectivity index is 1.80. The van der Waals surface area contributed by atoms with E-state index < -0.39 is 0 Å². The Labute approximate surface area is 106 Å². The van der Waals surface area contributed by atoms with Crippen LogP contribution in [0.3, 0.4) is 0 Å². The first-order valence-corrected chi connectivity index (χ1v) is 6.21. The van der Waals surface area contributed by atoms with E-state index in [4.69, 9.17) is 21.7 Å². The maximum Gasteiger partial charge on any atom is 0.113 e. The summed E-state index contributed by atoms with van der Waals surface area (Å²) in [6, 6.07) is 8.60. The van der Waals surface area contributed by atoms with Gasteiger partial charge in [0.25, 0.3) is 0 Å². The van der Waals surface area contributed by atoms with Crippen molar-refractivity contribution in [2.45, 2.75) is 19.1 Å². The summed E-state index contributed by atoms with van der Waals surface area (Å²) in [4.78, 5) is 3.08. The van der Waals surface area contributed by atoms with Crippen LogP contribution in [0.25, 0.3) is 0 Å². The summed E-state index contributed by atoms with van der Waals surface area (Å²) in [5, 5.41) is 0. The van der Waals surface area contributed by atoms with Gasteiger partial charge in [-0.05, 0) is 12.5 Å². The van der Waals surface area contributed by atoms with E-state index in [1.807, 2.05) is 0 Å². The van der Waals surface area contributed by atoms with Crippen LogP contribution < -0.4 is 0 Å². The van der Waals surface area contributed by atoms with Gasteiger partial charge in [-0.1, -0.05) is 42.0 Å². The van der Waals surface area contributed by atoms with Gasteiger partial charge in [-0.25, -0.2) is 4.90 Å². The van der Waals surface area contributed by atoms with Gasteiger partial charge < -0.3 is 9.47 Å². The molecule has 17 heavy (non-hydrogen) atoms. The van der Waals surface area contributed by atoms with Gasteiger partial charge in [0.1, 0.15) is 19.6 Å². The number of fused-ring (bicyclic) bond motifs is 1. The molecule has 0 aromatic heterocycles. The summed E-state index contributed by atoms with van der Waals surface area (Å²) >= 11 is 5.54. The third kappa shape index (κ3) is 2.02. The topological polar surface area (TPSA) is 21.7 Å². The number of rotatable bonds is 2. The molecule has 1 aromatic rings. The number of nitrogens with zero attached hydrogens (tertiary/aromatic N) is 1. The molecule has 1 unspecified atom stereocenters. The number of ether oxygens (including phenoxy) is 2. The molecule has 90 valence electrons. The van der Waals surface area contributed by atoms with Gasteiger partial charge in [0, 0.05) is 0 Å². The SMILES string of the molecule is Cc1ccc(C(=S)[C@H]2OCN3COCC23)cc1. The first-order chi connectivity index (χ1) is 8.25. The lowest BCUT2D eigenvalue weighted by atomic mass is 10.0. The van der Waals surface area contributed by atoms with Crippen LogP contribution in [0.4, 0.5) is 0 Å². The molecule has 2 aliphatic heterocycles. The molecule has 1 aromatic carbocycles. The number of hydrogen-bond acceptors (Lipinski definition) is 4. The minimum atomic E-state index is -0.00444. The average Bonchev–Trinajstić information content (AvgIpc) is 2.90. The van der Waals surface area contributed by atoms with Crippen molar-refractivity contribution in [3.8, 4) is 0 Å². The quantitative estimate of drug-likeness (QED) is 0.588. The molecule has 0 spiro atoms. The Kier molecular flexibility index (Phi) is 2.96. The second kappa shape index (κ2) is 4.46. The van der Waals surface area contributed by atoms with E-state index in [0.717, 1.165) is 17.0 Å². The largest absolute Gasteiger partial charge is 0.364 e. The van der Waals surface area contributed by atoms with E-state index in [2.05, 4.69) is 36.1 Å². The molecule has 3 nitrogen and oxygen atoms in total. The molecular formula is C13H15NO2S. The normalized spacial score (nSPS) is 28.3. The molecule has 4 heteroatoms. The molecular weight excluding hydrogens is 234 g/mol. The van der Waals surface area contributed by atoms with Gasteiger partial charge >= 0.3 is 0 Å². The van der Waals surface area contributed by atoms with Crippen molar-refractivity contribution in [3.05, 3.63) is 35.4 Å². The lowest BCUT2D eigenvalue weighted by molar-refractivity contribution is 0.0576. The first-order valence-electron chi connectivity index (χ1n) is 5.80. The third-order valence-electron chi connectivity index (χ3n) is 3.38. The zero-order valence-corrected chi connectivity index (χ0v) is 10.6. The molecule has 2 fully saturated rings. The zero-order valence-electron chi connectivity index (χ0n) is 9.76. The molecule has 2 atom stereocenters. The number of hydrogen-bond donors (Lipinski definition) is 0. The summed E-state index contributed by atoms with van der Waals surface area (Å²) < 4.78 is 11.2. The fraction of sp³-hybridized carbons (Fsp3) is 0.462. The van der Waals surface area contributed by atoms with Gasteiger partial charge in [-0.15, -0.1) is 0 Å². The minimum Gasteiger partial charge on any atom is -0.364 e. The predicted octanol–water partition coefficient (Wildman–Crippen LogP) is 1.73. The summed E-state index contributed by atoms with van der Waals surface area (Å²) in [7, 11) is 0. The molecule has 0 amide bonds. The lowest BCUT2D eigenvalue weighted by Gasteiger charge is -2.17. The second-order valence-electron chi connectivity index (χ2n) is 4.60. The average molecular weight is 249 g/mol. The Morgan fingerprint density at radius 3 is 2.82 bits per heavy atom. The monoisotopic (exact) mass is 249 g/mol. The van der Waals surface area contributed by atoms with Crippen molar-refractivity contribution in [2.24, 2.45) is 0 Å². The molecule has 3 rings (SSSR count). The summed E-state index contributed by atoms with van der Waals surface area (Å²) in [5.74, 6) is 0. The maximum atomic E-state index is 5.77. The highest BCUT2D eigenvalue weighted by atomic mass is 32.1. The van der Waals surface area contributed by atoms with Crippen LogP contribution in [-0.2, 0) is 9.47 Å². The fourth-order valence-electron chi connectivity index (χ4n) is 2.32. The van der Waals surface area contributed by atoms with Crippen molar-refractivity contribution < 1.29 is 9.47 Å². The van der Waals surface area contributed by atoms with E-state index in [1.165, 1.54) is 5.56 Å². The molecule has 2 heterocycles. The summed E-state index contributed by atoms with van der Waals surface area (Å²) in [6.07, 6.45) is -0.00444. The van der Waals surface area contributed by atoms with E-state index in [9.17, 15) is 0 Å². The zero-order chi connectivity index (χ0) is 11.8. The van der Waals surface area contributed by atoms with E-state index >= 15 is 0 Å². The van der Waals surface area contributed by atoms with Crippen LogP contribution in [0.15, 0.2) is 24.3 Å². The number of aryl methyl sites for hydroxylation is 1. The highest BCUT2D eigenvalue weighted by molar-refractivity contribution is 7.81. The Morgan fingerprint density at radius 1 is 1.29 bits per heavy atom. The molecule has 0 radical (unpaired) electrons.